The number of carbonyl (C=O) groups excluding carboxylic acids is 1. The predicted molar refractivity (Wildman–Crippen MR) is 82.7 cm³/mol. The van der Waals surface area contributed by atoms with Gasteiger partial charge in [0.25, 0.3) is 0 Å². The van der Waals surface area contributed by atoms with Crippen molar-refractivity contribution >= 4 is 11.9 Å². The highest BCUT2D eigenvalue weighted by Gasteiger charge is 2.35. The van der Waals surface area contributed by atoms with Crippen LogP contribution in [0.15, 0.2) is 24.3 Å². The van der Waals surface area contributed by atoms with Crippen LogP contribution in [0.25, 0.3) is 0 Å². The van der Waals surface area contributed by atoms with Crippen molar-refractivity contribution in [3.05, 3.63) is 35.4 Å². The number of ether oxygens (including phenoxy) is 1. The van der Waals surface area contributed by atoms with E-state index in [1.54, 1.807) is 0 Å². The van der Waals surface area contributed by atoms with Crippen molar-refractivity contribution in [2.75, 3.05) is 6.54 Å². The van der Waals surface area contributed by atoms with Gasteiger partial charge in [0, 0.05) is 12.0 Å². The lowest BCUT2D eigenvalue weighted by Gasteiger charge is -2.26. The predicted octanol–water partition coefficient (Wildman–Crippen LogP) is 2.02. The Morgan fingerprint density at radius 3 is 2.59 bits per heavy atom. The van der Waals surface area contributed by atoms with Crippen LogP contribution < -0.4 is 5.32 Å². The Balaban J connectivity index is 1.92. The fraction of sp³-hybridized carbons (Fsp3) is 0.529. The number of benzene rings is 1. The molecule has 0 radical (unpaired) electrons. The number of rotatable bonds is 5. The number of hydrogen-bond donors (Lipinski definition) is 2. The van der Waals surface area contributed by atoms with Gasteiger partial charge < -0.3 is 15.2 Å². The first kappa shape index (κ1) is 16.5. The highest BCUT2D eigenvalue weighted by molar-refractivity contribution is 5.82. The molecule has 2 rings (SSSR count). The van der Waals surface area contributed by atoms with Gasteiger partial charge in [0.15, 0.2) is 6.10 Å². The molecule has 5 nitrogen and oxygen atoms in total. The highest BCUT2D eigenvalue weighted by Crippen LogP contribution is 2.24. The summed E-state index contributed by atoms with van der Waals surface area (Å²) in [6.45, 7) is 6.65. The van der Waals surface area contributed by atoms with Gasteiger partial charge in [-0.25, -0.2) is 4.79 Å². The van der Waals surface area contributed by atoms with Crippen molar-refractivity contribution < 1.29 is 19.4 Å². The van der Waals surface area contributed by atoms with E-state index in [1.165, 1.54) is 5.56 Å². The van der Waals surface area contributed by atoms with Gasteiger partial charge in [-0.3, -0.25) is 4.79 Å². The third kappa shape index (κ3) is 3.85. The maximum atomic E-state index is 12.1. The SMILES string of the molecule is Cc1cccc(C(C)(C)CNC(=O)[C@@H]2CC[C@H](C(=O)O)O2)c1. The lowest BCUT2D eigenvalue weighted by molar-refractivity contribution is -0.151. The van der Waals surface area contributed by atoms with Crippen molar-refractivity contribution in [1.82, 2.24) is 5.32 Å². The van der Waals surface area contributed by atoms with Crippen molar-refractivity contribution in [3.8, 4) is 0 Å². The van der Waals surface area contributed by atoms with Gasteiger partial charge in [-0.2, -0.15) is 0 Å². The molecule has 120 valence electrons. The molecule has 2 atom stereocenters. The van der Waals surface area contributed by atoms with Crippen LogP contribution in [-0.2, 0) is 19.7 Å². The number of carboxylic acid groups (broad SMARTS) is 1. The van der Waals surface area contributed by atoms with Crippen LogP contribution >= 0.6 is 0 Å². The smallest absolute Gasteiger partial charge is 0.332 e. The molecule has 0 bridgehead atoms. The minimum absolute atomic E-state index is 0.202. The van der Waals surface area contributed by atoms with E-state index >= 15 is 0 Å². The quantitative estimate of drug-likeness (QED) is 0.872. The highest BCUT2D eigenvalue weighted by atomic mass is 16.5. The molecular formula is C17H23NO4. The van der Waals surface area contributed by atoms with Crippen molar-refractivity contribution in [1.29, 1.82) is 0 Å². The molecule has 1 saturated heterocycles. The zero-order chi connectivity index (χ0) is 16.3. The van der Waals surface area contributed by atoms with Crippen LogP contribution in [0.4, 0.5) is 0 Å². The van der Waals surface area contributed by atoms with Gasteiger partial charge >= 0.3 is 5.97 Å². The molecule has 1 aliphatic heterocycles. The maximum absolute atomic E-state index is 12.1. The fourth-order valence-corrected chi connectivity index (χ4v) is 2.60. The molecule has 0 saturated carbocycles. The molecule has 0 spiro atoms. The minimum Gasteiger partial charge on any atom is -0.479 e. The lowest BCUT2D eigenvalue weighted by Crippen LogP contribution is -2.42. The number of carboxylic acids is 1. The van der Waals surface area contributed by atoms with Crippen molar-refractivity contribution in [2.45, 2.75) is 51.2 Å². The van der Waals surface area contributed by atoms with Crippen LogP contribution in [0.3, 0.4) is 0 Å². The lowest BCUT2D eigenvalue weighted by atomic mass is 9.84. The number of aryl methyl sites for hydroxylation is 1. The minimum atomic E-state index is -1.00. The summed E-state index contributed by atoms with van der Waals surface area (Å²) in [7, 11) is 0. The Hall–Kier alpha value is -1.88. The van der Waals surface area contributed by atoms with Gasteiger partial charge in [-0.15, -0.1) is 0 Å². The summed E-state index contributed by atoms with van der Waals surface area (Å²) in [5.74, 6) is -1.24. The van der Waals surface area contributed by atoms with Gasteiger partial charge in [-0.1, -0.05) is 43.7 Å². The molecule has 0 unspecified atom stereocenters. The summed E-state index contributed by atoms with van der Waals surface area (Å²) < 4.78 is 5.26. The molecule has 22 heavy (non-hydrogen) atoms. The second-order valence-electron chi connectivity index (χ2n) is 6.50. The van der Waals surface area contributed by atoms with E-state index in [0.717, 1.165) is 5.56 Å². The molecule has 5 heteroatoms. The topological polar surface area (TPSA) is 75.6 Å². The molecule has 1 amide bonds. The van der Waals surface area contributed by atoms with Gasteiger partial charge in [0.1, 0.15) is 6.10 Å². The largest absolute Gasteiger partial charge is 0.479 e. The molecular weight excluding hydrogens is 282 g/mol. The Morgan fingerprint density at radius 2 is 2.00 bits per heavy atom. The Bertz CT molecular complexity index is 568. The van der Waals surface area contributed by atoms with E-state index in [4.69, 9.17) is 9.84 Å². The summed E-state index contributed by atoms with van der Waals surface area (Å²) in [6, 6.07) is 8.20. The van der Waals surface area contributed by atoms with E-state index in [1.807, 2.05) is 25.1 Å². The van der Waals surface area contributed by atoms with E-state index in [2.05, 4.69) is 25.2 Å². The van der Waals surface area contributed by atoms with Crippen LogP contribution in [0, 0.1) is 6.92 Å². The number of nitrogens with one attached hydrogen (secondary N) is 1. The van der Waals surface area contributed by atoms with Gasteiger partial charge in [0.05, 0.1) is 0 Å². The summed E-state index contributed by atoms with van der Waals surface area (Å²) >= 11 is 0. The fourth-order valence-electron chi connectivity index (χ4n) is 2.60. The van der Waals surface area contributed by atoms with Crippen LogP contribution in [0.2, 0.25) is 0 Å². The third-order valence-corrected chi connectivity index (χ3v) is 4.09. The third-order valence-electron chi connectivity index (χ3n) is 4.09. The zero-order valence-corrected chi connectivity index (χ0v) is 13.3. The van der Waals surface area contributed by atoms with Crippen molar-refractivity contribution in [2.24, 2.45) is 0 Å². The first-order chi connectivity index (χ1) is 10.3. The van der Waals surface area contributed by atoms with Crippen molar-refractivity contribution in [3.63, 3.8) is 0 Å². The maximum Gasteiger partial charge on any atom is 0.332 e. The molecule has 1 aliphatic rings. The normalized spacial score (nSPS) is 21.6. The summed E-state index contributed by atoms with van der Waals surface area (Å²) in [5.41, 5.74) is 2.14. The Labute approximate surface area is 130 Å². The second kappa shape index (κ2) is 6.48. The average molecular weight is 305 g/mol. The van der Waals surface area contributed by atoms with E-state index < -0.39 is 18.2 Å². The first-order valence-electron chi connectivity index (χ1n) is 7.53. The van der Waals surface area contributed by atoms with Gasteiger partial charge in [-0.05, 0) is 25.3 Å². The monoisotopic (exact) mass is 305 g/mol. The van der Waals surface area contributed by atoms with Crippen LogP contribution in [-0.4, -0.2) is 35.7 Å². The van der Waals surface area contributed by atoms with E-state index in [-0.39, 0.29) is 11.3 Å². The zero-order valence-electron chi connectivity index (χ0n) is 13.3. The van der Waals surface area contributed by atoms with E-state index in [0.29, 0.717) is 19.4 Å². The Kier molecular flexibility index (Phi) is 4.86. The summed E-state index contributed by atoms with van der Waals surface area (Å²) in [4.78, 5) is 23.0. The summed E-state index contributed by atoms with van der Waals surface area (Å²) in [5, 5.41) is 11.8. The first-order valence-corrected chi connectivity index (χ1v) is 7.53. The second-order valence-corrected chi connectivity index (χ2v) is 6.50. The molecule has 1 fully saturated rings. The molecule has 1 heterocycles. The number of amides is 1. The van der Waals surface area contributed by atoms with Crippen LogP contribution in [0.5, 0.6) is 0 Å². The van der Waals surface area contributed by atoms with Gasteiger partial charge in [0.2, 0.25) is 5.91 Å². The van der Waals surface area contributed by atoms with E-state index in [9.17, 15) is 9.59 Å². The average Bonchev–Trinajstić information content (AvgIpc) is 2.95. The standard InChI is InChI=1S/C17H23NO4/c1-11-5-4-6-12(9-11)17(2,3)10-18-15(19)13-7-8-14(22-13)16(20)21/h4-6,9,13-14H,7-8,10H2,1-3H3,(H,18,19)(H,20,21)/t13-,14+/m0/s1. The molecule has 0 aromatic heterocycles. The number of aliphatic carboxylic acids is 1. The molecule has 2 N–H and O–H groups in total. The molecule has 1 aromatic carbocycles. The molecule has 1 aromatic rings. The number of carbonyl (C=O) groups is 2. The Morgan fingerprint density at radius 1 is 1.32 bits per heavy atom. The number of hydrogen-bond acceptors (Lipinski definition) is 3. The van der Waals surface area contributed by atoms with Crippen LogP contribution in [0.1, 0.15) is 37.8 Å². The molecule has 0 aliphatic carbocycles. The summed E-state index contributed by atoms with van der Waals surface area (Å²) in [6.07, 6.45) is -0.683.